The summed E-state index contributed by atoms with van der Waals surface area (Å²) in [5.41, 5.74) is 0.782. The molecule has 2 N–H and O–H groups in total. The average molecular weight is 310 g/mol. The maximum atomic E-state index is 11.7. The summed E-state index contributed by atoms with van der Waals surface area (Å²) in [5.74, 6) is -0.186. The van der Waals surface area contributed by atoms with E-state index in [2.05, 4.69) is 15.4 Å². The van der Waals surface area contributed by atoms with Gasteiger partial charge in [-0.25, -0.2) is 4.79 Å². The van der Waals surface area contributed by atoms with Gasteiger partial charge in [-0.05, 0) is 37.3 Å². The zero-order valence-corrected chi connectivity index (χ0v) is 13.3. The summed E-state index contributed by atoms with van der Waals surface area (Å²) in [6, 6.07) is 7.49. The highest BCUT2D eigenvalue weighted by molar-refractivity contribution is 7.98. The second kappa shape index (κ2) is 10.1. The van der Waals surface area contributed by atoms with Gasteiger partial charge in [0.05, 0.1) is 7.11 Å². The Morgan fingerprint density at radius 1 is 1.24 bits per heavy atom. The van der Waals surface area contributed by atoms with E-state index in [9.17, 15) is 9.59 Å². The number of unbranched alkanes of at least 4 members (excludes halogenated alkanes) is 2. The van der Waals surface area contributed by atoms with Gasteiger partial charge in [0.15, 0.2) is 0 Å². The lowest BCUT2D eigenvalue weighted by molar-refractivity contribution is -0.140. The Bertz CT molecular complexity index is 466. The molecule has 0 aromatic heterocycles. The lowest BCUT2D eigenvalue weighted by atomic mass is 10.2. The van der Waals surface area contributed by atoms with E-state index in [-0.39, 0.29) is 12.0 Å². The normalized spacial score (nSPS) is 10.0. The molecule has 1 aromatic carbocycles. The quantitative estimate of drug-likeness (QED) is 0.439. The first-order valence-electron chi connectivity index (χ1n) is 6.91. The van der Waals surface area contributed by atoms with Gasteiger partial charge >= 0.3 is 12.0 Å². The van der Waals surface area contributed by atoms with Crippen LogP contribution in [-0.4, -0.2) is 31.9 Å². The van der Waals surface area contributed by atoms with Crippen LogP contribution in [-0.2, 0) is 9.53 Å². The van der Waals surface area contributed by atoms with E-state index in [0.29, 0.717) is 13.0 Å². The first-order chi connectivity index (χ1) is 10.2. The molecule has 0 radical (unpaired) electrons. The largest absolute Gasteiger partial charge is 0.469 e. The van der Waals surface area contributed by atoms with Crippen molar-refractivity contribution in [2.75, 3.05) is 25.2 Å². The van der Waals surface area contributed by atoms with Gasteiger partial charge in [0.2, 0.25) is 0 Å². The summed E-state index contributed by atoms with van der Waals surface area (Å²) in [5, 5.41) is 5.60. The highest BCUT2D eigenvalue weighted by atomic mass is 32.2. The third-order valence-corrected chi connectivity index (χ3v) is 3.62. The fourth-order valence-corrected chi connectivity index (χ4v) is 2.21. The number of nitrogens with one attached hydrogen (secondary N) is 2. The molecule has 0 aliphatic carbocycles. The fourth-order valence-electron chi connectivity index (χ4n) is 1.75. The number of ether oxygens (including phenoxy) is 1. The predicted octanol–water partition coefficient (Wildman–Crippen LogP) is 3.26. The molecule has 1 aromatic rings. The molecule has 5 nitrogen and oxygen atoms in total. The van der Waals surface area contributed by atoms with Crippen molar-refractivity contribution in [3.8, 4) is 0 Å². The van der Waals surface area contributed by atoms with Crippen molar-refractivity contribution >= 4 is 29.4 Å². The molecule has 0 aliphatic rings. The van der Waals surface area contributed by atoms with E-state index in [1.807, 2.05) is 30.5 Å². The van der Waals surface area contributed by atoms with Crippen LogP contribution < -0.4 is 10.6 Å². The Morgan fingerprint density at radius 3 is 2.76 bits per heavy atom. The maximum Gasteiger partial charge on any atom is 0.319 e. The van der Waals surface area contributed by atoms with Crippen molar-refractivity contribution < 1.29 is 14.3 Å². The second-order valence-corrected chi connectivity index (χ2v) is 5.38. The van der Waals surface area contributed by atoms with Crippen molar-refractivity contribution in [2.24, 2.45) is 0 Å². The molecular formula is C15H22N2O3S. The van der Waals surface area contributed by atoms with E-state index in [0.717, 1.165) is 29.8 Å². The molecular weight excluding hydrogens is 288 g/mol. The Morgan fingerprint density at radius 2 is 2.05 bits per heavy atom. The van der Waals surface area contributed by atoms with Crippen LogP contribution in [0.2, 0.25) is 0 Å². The molecule has 0 fully saturated rings. The number of thioether (sulfide) groups is 1. The highest BCUT2D eigenvalue weighted by Crippen LogP contribution is 2.18. The van der Waals surface area contributed by atoms with Crippen molar-refractivity contribution in [3.05, 3.63) is 24.3 Å². The summed E-state index contributed by atoms with van der Waals surface area (Å²) in [6.45, 7) is 0.592. The van der Waals surface area contributed by atoms with Gasteiger partial charge in [-0.1, -0.05) is 12.5 Å². The first-order valence-corrected chi connectivity index (χ1v) is 8.14. The van der Waals surface area contributed by atoms with Crippen LogP contribution in [0.15, 0.2) is 29.2 Å². The topological polar surface area (TPSA) is 67.4 Å². The van der Waals surface area contributed by atoms with Crippen molar-refractivity contribution in [1.29, 1.82) is 0 Å². The number of carbonyl (C=O) groups excluding carboxylic acids is 2. The second-order valence-electron chi connectivity index (χ2n) is 4.50. The highest BCUT2D eigenvalue weighted by Gasteiger charge is 2.02. The Labute approximate surface area is 129 Å². The lowest BCUT2D eigenvalue weighted by Crippen LogP contribution is -2.29. The van der Waals surface area contributed by atoms with Crippen LogP contribution in [0, 0.1) is 0 Å². The number of amides is 2. The van der Waals surface area contributed by atoms with Gasteiger partial charge < -0.3 is 15.4 Å². The van der Waals surface area contributed by atoms with Crippen LogP contribution in [0.5, 0.6) is 0 Å². The number of urea groups is 1. The first kappa shape index (κ1) is 17.4. The van der Waals surface area contributed by atoms with Crippen LogP contribution in [0.25, 0.3) is 0 Å². The Balaban J connectivity index is 2.15. The number of methoxy groups -OCH3 is 1. The summed E-state index contributed by atoms with van der Waals surface area (Å²) in [6.07, 6.45) is 4.94. The number of anilines is 1. The summed E-state index contributed by atoms with van der Waals surface area (Å²) in [7, 11) is 1.39. The molecule has 0 bridgehead atoms. The molecule has 2 amide bonds. The van der Waals surface area contributed by atoms with E-state index in [4.69, 9.17) is 0 Å². The molecule has 21 heavy (non-hydrogen) atoms. The van der Waals surface area contributed by atoms with Gasteiger partial charge in [-0.3, -0.25) is 4.79 Å². The third kappa shape index (κ3) is 7.60. The van der Waals surface area contributed by atoms with Gasteiger partial charge in [-0.2, -0.15) is 0 Å². The average Bonchev–Trinajstić information content (AvgIpc) is 2.50. The monoisotopic (exact) mass is 310 g/mol. The van der Waals surface area contributed by atoms with E-state index >= 15 is 0 Å². The number of rotatable bonds is 8. The molecule has 1 rings (SSSR count). The Kier molecular flexibility index (Phi) is 8.35. The predicted molar refractivity (Wildman–Crippen MR) is 85.7 cm³/mol. The zero-order chi connectivity index (χ0) is 15.5. The van der Waals surface area contributed by atoms with Gasteiger partial charge in [-0.15, -0.1) is 11.8 Å². The van der Waals surface area contributed by atoms with Crippen LogP contribution in [0.3, 0.4) is 0 Å². The Hall–Kier alpha value is -1.69. The third-order valence-electron chi connectivity index (χ3n) is 2.90. The van der Waals surface area contributed by atoms with Crippen LogP contribution in [0.1, 0.15) is 25.7 Å². The summed E-state index contributed by atoms with van der Waals surface area (Å²) < 4.78 is 4.56. The van der Waals surface area contributed by atoms with Crippen LogP contribution >= 0.6 is 11.8 Å². The van der Waals surface area contributed by atoms with Crippen molar-refractivity contribution in [2.45, 2.75) is 30.6 Å². The SMILES string of the molecule is COC(=O)CCCCCNC(=O)Nc1cccc(SC)c1. The molecule has 116 valence electrons. The molecule has 6 heteroatoms. The van der Waals surface area contributed by atoms with Gasteiger partial charge in [0.1, 0.15) is 0 Å². The molecule has 0 heterocycles. The van der Waals surface area contributed by atoms with Gasteiger partial charge in [0, 0.05) is 23.5 Å². The minimum Gasteiger partial charge on any atom is -0.469 e. The summed E-state index contributed by atoms with van der Waals surface area (Å²) >= 11 is 1.63. The van der Waals surface area contributed by atoms with Crippen LogP contribution in [0.4, 0.5) is 10.5 Å². The van der Waals surface area contributed by atoms with E-state index in [1.165, 1.54) is 7.11 Å². The van der Waals surface area contributed by atoms with Gasteiger partial charge in [0.25, 0.3) is 0 Å². The molecule has 0 spiro atoms. The van der Waals surface area contributed by atoms with E-state index < -0.39 is 0 Å². The minimum absolute atomic E-state index is 0.186. The molecule has 0 atom stereocenters. The number of benzene rings is 1. The lowest BCUT2D eigenvalue weighted by Gasteiger charge is -2.08. The number of carbonyl (C=O) groups is 2. The smallest absolute Gasteiger partial charge is 0.319 e. The fraction of sp³-hybridized carbons (Fsp3) is 0.467. The molecule has 0 saturated heterocycles. The standard InChI is InChI=1S/C15H22N2O3S/c1-20-14(18)9-4-3-5-10-16-15(19)17-12-7-6-8-13(11-12)21-2/h6-8,11H,3-5,9-10H2,1-2H3,(H2,16,17,19). The van der Waals surface area contributed by atoms with Crippen molar-refractivity contribution in [1.82, 2.24) is 5.32 Å². The molecule has 0 saturated carbocycles. The number of hydrogen-bond acceptors (Lipinski definition) is 4. The van der Waals surface area contributed by atoms with E-state index in [1.54, 1.807) is 11.8 Å². The number of hydrogen-bond donors (Lipinski definition) is 2. The zero-order valence-electron chi connectivity index (χ0n) is 12.5. The molecule has 0 aliphatic heterocycles. The maximum absolute atomic E-state index is 11.7. The van der Waals surface area contributed by atoms with Crippen molar-refractivity contribution in [3.63, 3.8) is 0 Å². The number of esters is 1. The summed E-state index contributed by atoms with van der Waals surface area (Å²) in [4.78, 5) is 23.7. The minimum atomic E-state index is -0.207. The molecule has 0 unspecified atom stereocenters.